The van der Waals surface area contributed by atoms with Gasteiger partial charge in [0.2, 0.25) is 11.8 Å². The largest absolute Gasteiger partial charge is 0.342 e. The molecule has 0 radical (unpaired) electrons. The summed E-state index contributed by atoms with van der Waals surface area (Å²) in [5.74, 6) is 0.0102. The Kier molecular flexibility index (Phi) is 3.61. The van der Waals surface area contributed by atoms with Crippen molar-refractivity contribution in [2.24, 2.45) is 0 Å². The molecule has 112 valence electrons. The predicted molar refractivity (Wildman–Crippen MR) is 76.1 cm³/mol. The lowest BCUT2D eigenvalue weighted by Crippen LogP contribution is -2.55. The van der Waals surface area contributed by atoms with Crippen LogP contribution in [0.1, 0.15) is 43.5 Å². The molecule has 1 saturated carbocycles. The third-order valence-electron chi connectivity index (χ3n) is 4.33. The highest BCUT2D eigenvalue weighted by Crippen LogP contribution is 2.33. The quantitative estimate of drug-likeness (QED) is 0.879. The molecule has 0 aromatic carbocycles. The van der Waals surface area contributed by atoms with E-state index in [1.807, 2.05) is 6.92 Å². The third kappa shape index (κ3) is 2.75. The minimum Gasteiger partial charge on any atom is -0.342 e. The van der Waals surface area contributed by atoms with Crippen LogP contribution < -0.4 is 5.32 Å². The van der Waals surface area contributed by atoms with Gasteiger partial charge in [-0.3, -0.25) is 19.6 Å². The maximum Gasteiger partial charge on any atom is 0.248 e. The fourth-order valence-electron chi connectivity index (χ4n) is 3.19. The lowest BCUT2D eigenvalue weighted by atomic mass is 9.96. The molecule has 2 amide bonds. The van der Waals surface area contributed by atoms with Gasteiger partial charge in [-0.15, -0.1) is 0 Å². The highest BCUT2D eigenvalue weighted by Gasteiger charge is 2.46. The number of nitrogens with zero attached hydrogens (tertiary/aromatic N) is 3. The zero-order chi connectivity index (χ0) is 14.9. The number of carbonyl (C=O) groups is 2. The number of carbonyl (C=O) groups excluding carboxylic acids is 2. The Morgan fingerprint density at radius 2 is 2.00 bits per heavy atom. The Labute approximate surface area is 124 Å². The van der Waals surface area contributed by atoms with Crippen molar-refractivity contribution in [2.45, 2.75) is 51.1 Å². The number of nitrogens with one attached hydrogen (secondary N) is 1. The van der Waals surface area contributed by atoms with E-state index in [1.54, 1.807) is 17.3 Å². The van der Waals surface area contributed by atoms with E-state index in [4.69, 9.17) is 0 Å². The number of amides is 2. The van der Waals surface area contributed by atoms with E-state index in [2.05, 4.69) is 15.3 Å². The summed E-state index contributed by atoms with van der Waals surface area (Å²) in [6, 6.07) is 0. The molecule has 2 aliphatic rings. The zero-order valence-corrected chi connectivity index (χ0v) is 12.3. The van der Waals surface area contributed by atoms with Gasteiger partial charge in [-0.25, -0.2) is 0 Å². The first kappa shape index (κ1) is 14.0. The number of rotatable bonds is 2. The summed E-state index contributed by atoms with van der Waals surface area (Å²) >= 11 is 0. The van der Waals surface area contributed by atoms with E-state index in [0.29, 0.717) is 19.5 Å². The topological polar surface area (TPSA) is 75.2 Å². The minimum absolute atomic E-state index is 0.0252. The molecule has 1 N–H and O–H groups in total. The Balaban J connectivity index is 1.81. The van der Waals surface area contributed by atoms with Gasteiger partial charge in [0.15, 0.2) is 0 Å². The summed E-state index contributed by atoms with van der Waals surface area (Å²) in [4.78, 5) is 35.0. The number of aryl methyl sites for hydroxylation is 1. The van der Waals surface area contributed by atoms with Crippen LogP contribution in [0.3, 0.4) is 0 Å². The molecule has 1 aliphatic heterocycles. The van der Waals surface area contributed by atoms with E-state index in [-0.39, 0.29) is 11.8 Å². The third-order valence-corrected chi connectivity index (χ3v) is 4.33. The molecule has 1 aromatic heterocycles. The Bertz CT molecular complexity index is 549. The average Bonchev–Trinajstić information content (AvgIpc) is 2.90. The zero-order valence-electron chi connectivity index (χ0n) is 12.3. The maximum atomic E-state index is 12.8. The summed E-state index contributed by atoms with van der Waals surface area (Å²) in [5, 5.41) is 2.96. The number of aromatic nitrogens is 2. The van der Waals surface area contributed by atoms with Crippen LogP contribution >= 0.6 is 0 Å². The first-order valence-electron chi connectivity index (χ1n) is 7.47. The van der Waals surface area contributed by atoms with Gasteiger partial charge in [0.1, 0.15) is 5.54 Å². The van der Waals surface area contributed by atoms with Crippen LogP contribution in [0.25, 0.3) is 0 Å². The molecule has 21 heavy (non-hydrogen) atoms. The van der Waals surface area contributed by atoms with Crippen LogP contribution in [-0.2, 0) is 16.1 Å². The summed E-state index contributed by atoms with van der Waals surface area (Å²) in [6.45, 7) is 2.74. The molecule has 0 bridgehead atoms. The van der Waals surface area contributed by atoms with Crippen molar-refractivity contribution in [1.82, 2.24) is 20.2 Å². The lowest BCUT2D eigenvalue weighted by molar-refractivity contribution is -0.139. The second kappa shape index (κ2) is 5.42. The first-order chi connectivity index (χ1) is 10.1. The van der Waals surface area contributed by atoms with Crippen LogP contribution in [0.4, 0.5) is 0 Å². The molecular formula is C15H20N4O2. The van der Waals surface area contributed by atoms with Crippen molar-refractivity contribution in [3.05, 3.63) is 23.8 Å². The van der Waals surface area contributed by atoms with Gasteiger partial charge in [-0.1, -0.05) is 12.8 Å². The molecule has 6 nitrogen and oxygen atoms in total. The fraction of sp³-hybridized carbons (Fsp3) is 0.600. The van der Waals surface area contributed by atoms with Gasteiger partial charge in [0.05, 0.1) is 24.1 Å². The van der Waals surface area contributed by atoms with Crippen molar-refractivity contribution in [2.75, 3.05) is 6.54 Å². The molecule has 3 rings (SSSR count). The monoisotopic (exact) mass is 288 g/mol. The molecule has 1 spiro atoms. The molecule has 0 atom stereocenters. The van der Waals surface area contributed by atoms with Crippen molar-refractivity contribution < 1.29 is 9.59 Å². The number of hydrogen-bond donors (Lipinski definition) is 1. The maximum absolute atomic E-state index is 12.8. The summed E-state index contributed by atoms with van der Waals surface area (Å²) < 4.78 is 0. The predicted octanol–water partition coefficient (Wildman–Crippen LogP) is 0.946. The summed E-state index contributed by atoms with van der Waals surface area (Å²) in [6.07, 6.45) is 7.22. The van der Waals surface area contributed by atoms with E-state index >= 15 is 0 Å². The van der Waals surface area contributed by atoms with E-state index in [9.17, 15) is 9.59 Å². The smallest absolute Gasteiger partial charge is 0.248 e. The van der Waals surface area contributed by atoms with Gasteiger partial charge in [-0.2, -0.15) is 0 Å². The molecule has 1 saturated heterocycles. The molecule has 2 fully saturated rings. The van der Waals surface area contributed by atoms with Crippen LogP contribution in [0.5, 0.6) is 0 Å². The molecule has 6 heteroatoms. The van der Waals surface area contributed by atoms with Gasteiger partial charge in [0.25, 0.3) is 0 Å². The Hall–Kier alpha value is -1.98. The average molecular weight is 288 g/mol. The SMILES string of the molecule is Cc1cnc(CN2CCC(=O)NC3(CCCC3)C2=O)cn1. The van der Waals surface area contributed by atoms with Crippen LogP contribution in [0, 0.1) is 6.92 Å². The molecule has 1 aliphatic carbocycles. The second-order valence-corrected chi connectivity index (χ2v) is 5.96. The second-order valence-electron chi connectivity index (χ2n) is 5.96. The summed E-state index contributed by atoms with van der Waals surface area (Å²) in [5.41, 5.74) is 0.938. The van der Waals surface area contributed by atoms with Crippen molar-refractivity contribution >= 4 is 11.8 Å². The summed E-state index contributed by atoms with van der Waals surface area (Å²) in [7, 11) is 0. The number of hydrogen-bond acceptors (Lipinski definition) is 4. The first-order valence-corrected chi connectivity index (χ1v) is 7.47. The Morgan fingerprint density at radius 1 is 1.24 bits per heavy atom. The molecular weight excluding hydrogens is 268 g/mol. The molecule has 2 heterocycles. The lowest BCUT2D eigenvalue weighted by Gasteiger charge is -2.31. The van der Waals surface area contributed by atoms with Gasteiger partial charge in [-0.05, 0) is 19.8 Å². The minimum atomic E-state index is -0.675. The standard InChI is InChI=1S/C15H20N4O2/c1-11-8-17-12(9-16-11)10-19-7-4-13(20)18-15(14(19)21)5-2-3-6-15/h8-9H,2-7,10H2,1H3,(H,18,20). The van der Waals surface area contributed by atoms with Gasteiger partial charge < -0.3 is 10.2 Å². The van der Waals surface area contributed by atoms with Crippen LogP contribution in [-0.4, -0.2) is 38.8 Å². The van der Waals surface area contributed by atoms with Crippen molar-refractivity contribution in [3.63, 3.8) is 0 Å². The van der Waals surface area contributed by atoms with E-state index < -0.39 is 5.54 Å². The Morgan fingerprint density at radius 3 is 2.67 bits per heavy atom. The molecule has 0 unspecified atom stereocenters. The van der Waals surface area contributed by atoms with Gasteiger partial charge >= 0.3 is 0 Å². The van der Waals surface area contributed by atoms with Gasteiger partial charge in [0, 0.05) is 19.2 Å². The van der Waals surface area contributed by atoms with Crippen molar-refractivity contribution in [1.29, 1.82) is 0 Å². The van der Waals surface area contributed by atoms with Crippen LogP contribution in [0.15, 0.2) is 12.4 Å². The highest BCUT2D eigenvalue weighted by atomic mass is 16.2. The van der Waals surface area contributed by atoms with E-state index in [0.717, 1.165) is 37.1 Å². The fourth-order valence-corrected chi connectivity index (χ4v) is 3.19. The normalized spacial score (nSPS) is 21.5. The highest BCUT2D eigenvalue weighted by molar-refractivity contribution is 5.93. The molecule has 1 aromatic rings. The van der Waals surface area contributed by atoms with Crippen LogP contribution in [0.2, 0.25) is 0 Å². The van der Waals surface area contributed by atoms with Crippen molar-refractivity contribution in [3.8, 4) is 0 Å². The van der Waals surface area contributed by atoms with E-state index in [1.165, 1.54) is 0 Å².